The average Bonchev–Trinajstić information content (AvgIpc) is 2.35. The van der Waals surface area contributed by atoms with Crippen LogP contribution in [0.5, 0.6) is 0 Å². The number of aromatic nitrogens is 1. The number of nitrogens with zero attached hydrogens (tertiary/aromatic N) is 1. The van der Waals surface area contributed by atoms with Crippen molar-refractivity contribution in [2.45, 2.75) is 11.1 Å². The van der Waals surface area contributed by atoms with Crippen molar-refractivity contribution in [3.05, 3.63) is 23.9 Å². The fraction of sp³-hybridized carbons (Fsp3) is 0.400. The van der Waals surface area contributed by atoms with Crippen molar-refractivity contribution in [2.24, 2.45) is 0 Å². The minimum Gasteiger partial charge on any atom is -0.394 e. The van der Waals surface area contributed by atoms with Crippen LogP contribution in [0.1, 0.15) is 10.4 Å². The van der Waals surface area contributed by atoms with Crippen LogP contribution in [0.3, 0.4) is 0 Å². The number of pyridine rings is 1. The van der Waals surface area contributed by atoms with Gasteiger partial charge in [-0.3, -0.25) is 4.79 Å². The van der Waals surface area contributed by atoms with E-state index in [1.807, 2.05) is 6.26 Å². The van der Waals surface area contributed by atoms with E-state index in [2.05, 4.69) is 10.3 Å². The summed E-state index contributed by atoms with van der Waals surface area (Å²) in [5.74, 6) is -0.342. The molecule has 0 saturated carbocycles. The Morgan fingerprint density at radius 1 is 1.56 bits per heavy atom. The second-order valence-corrected chi connectivity index (χ2v) is 3.89. The molecule has 88 valence electrons. The van der Waals surface area contributed by atoms with E-state index in [4.69, 9.17) is 10.2 Å². The van der Waals surface area contributed by atoms with Crippen LogP contribution in [0.15, 0.2) is 23.4 Å². The SMILES string of the molecule is CSc1ncccc1C(=O)NC(CO)CO. The van der Waals surface area contributed by atoms with Crippen molar-refractivity contribution >= 4 is 17.7 Å². The van der Waals surface area contributed by atoms with Crippen molar-refractivity contribution in [1.29, 1.82) is 0 Å². The number of aliphatic hydroxyl groups excluding tert-OH is 2. The van der Waals surface area contributed by atoms with Crippen molar-refractivity contribution < 1.29 is 15.0 Å². The lowest BCUT2D eigenvalue weighted by Crippen LogP contribution is -2.40. The summed E-state index contributed by atoms with van der Waals surface area (Å²) in [5.41, 5.74) is 0.446. The van der Waals surface area contributed by atoms with Gasteiger partial charge < -0.3 is 15.5 Å². The highest BCUT2D eigenvalue weighted by Crippen LogP contribution is 2.16. The number of nitrogens with one attached hydrogen (secondary N) is 1. The van der Waals surface area contributed by atoms with E-state index < -0.39 is 6.04 Å². The number of thioether (sulfide) groups is 1. The fourth-order valence-corrected chi connectivity index (χ4v) is 1.69. The van der Waals surface area contributed by atoms with Gasteiger partial charge in [-0.05, 0) is 18.4 Å². The minimum atomic E-state index is -0.637. The maximum absolute atomic E-state index is 11.8. The average molecular weight is 242 g/mol. The van der Waals surface area contributed by atoms with E-state index in [-0.39, 0.29) is 19.1 Å². The van der Waals surface area contributed by atoms with Gasteiger partial charge in [0.1, 0.15) is 5.03 Å². The second kappa shape index (κ2) is 6.47. The Hall–Kier alpha value is -1.11. The lowest BCUT2D eigenvalue weighted by Gasteiger charge is -2.14. The van der Waals surface area contributed by atoms with Gasteiger partial charge in [0.15, 0.2) is 0 Å². The highest BCUT2D eigenvalue weighted by Gasteiger charge is 2.15. The predicted molar refractivity (Wildman–Crippen MR) is 61.4 cm³/mol. The van der Waals surface area contributed by atoms with Gasteiger partial charge in [-0.15, -0.1) is 11.8 Å². The van der Waals surface area contributed by atoms with Crippen LogP contribution in [0.25, 0.3) is 0 Å². The number of aliphatic hydroxyl groups is 2. The van der Waals surface area contributed by atoms with E-state index in [1.54, 1.807) is 18.3 Å². The Balaban J connectivity index is 2.79. The van der Waals surface area contributed by atoms with Crippen LogP contribution in [0.4, 0.5) is 0 Å². The summed E-state index contributed by atoms with van der Waals surface area (Å²) in [7, 11) is 0. The summed E-state index contributed by atoms with van der Waals surface area (Å²) in [6, 6.07) is 2.68. The van der Waals surface area contributed by atoms with E-state index in [9.17, 15) is 4.79 Å². The molecule has 0 aromatic carbocycles. The molecule has 0 unspecified atom stereocenters. The van der Waals surface area contributed by atoms with Crippen molar-refractivity contribution in [3.8, 4) is 0 Å². The van der Waals surface area contributed by atoms with Crippen LogP contribution in [-0.2, 0) is 0 Å². The predicted octanol–water partition coefficient (Wildman–Crippen LogP) is -0.113. The van der Waals surface area contributed by atoms with Crippen LogP contribution < -0.4 is 5.32 Å². The standard InChI is InChI=1S/C10H14N2O3S/c1-16-10-8(3-2-4-11-10)9(15)12-7(5-13)6-14/h2-4,7,13-14H,5-6H2,1H3,(H,12,15). The Morgan fingerprint density at radius 2 is 2.25 bits per heavy atom. The molecule has 0 aliphatic rings. The normalized spacial score (nSPS) is 10.5. The molecular weight excluding hydrogens is 228 g/mol. The molecule has 16 heavy (non-hydrogen) atoms. The number of carbonyl (C=O) groups is 1. The molecule has 1 aromatic rings. The summed E-state index contributed by atoms with van der Waals surface area (Å²) in [6.07, 6.45) is 3.44. The fourth-order valence-electron chi connectivity index (χ4n) is 1.14. The summed E-state index contributed by atoms with van der Waals surface area (Å²) in [4.78, 5) is 15.8. The first kappa shape index (κ1) is 13.0. The molecule has 0 aliphatic heterocycles. The molecule has 1 heterocycles. The second-order valence-electron chi connectivity index (χ2n) is 3.10. The zero-order valence-corrected chi connectivity index (χ0v) is 9.70. The largest absolute Gasteiger partial charge is 0.394 e. The third kappa shape index (κ3) is 3.19. The molecule has 0 radical (unpaired) electrons. The Kier molecular flexibility index (Phi) is 5.24. The quantitative estimate of drug-likeness (QED) is 0.627. The lowest BCUT2D eigenvalue weighted by molar-refractivity contribution is 0.0876. The highest BCUT2D eigenvalue weighted by molar-refractivity contribution is 7.98. The molecule has 5 nitrogen and oxygen atoms in total. The Morgan fingerprint density at radius 3 is 2.81 bits per heavy atom. The molecule has 0 saturated heterocycles. The van der Waals surface area contributed by atoms with Crippen LogP contribution in [0, 0.1) is 0 Å². The van der Waals surface area contributed by atoms with E-state index >= 15 is 0 Å². The minimum absolute atomic E-state index is 0.295. The number of hydrogen-bond acceptors (Lipinski definition) is 5. The van der Waals surface area contributed by atoms with Crippen molar-refractivity contribution in [2.75, 3.05) is 19.5 Å². The molecule has 6 heteroatoms. The molecule has 3 N–H and O–H groups in total. The molecule has 1 aromatic heterocycles. The number of hydrogen-bond donors (Lipinski definition) is 3. The van der Waals surface area contributed by atoms with E-state index in [0.29, 0.717) is 10.6 Å². The third-order valence-corrected chi connectivity index (χ3v) is 2.70. The van der Waals surface area contributed by atoms with Crippen LogP contribution in [0.2, 0.25) is 0 Å². The summed E-state index contributed by atoms with van der Waals surface area (Å²) >= 11 is 1.37. The van der Waals surface area contributed by atoms with Gasteiger partial charge >= 0.3 is 0 Å². The topological polar surface area (TPSA) is 82.5 Å². The van der Waals surface area contributed by atoms with Gasteiger partial charge in [-0.25, -0.2) is 4.98 Å². The zero-order chi connectivity index (χ0) is 12.0. The molecule has 0 aliphatic carbocycles. The smallest absolute Gasteiger partial charge is 0.254 e. The van der Waals surface area contributed by atoms with Gasteiger partial charge in [-0.2, -0.15) is 0 Å². The van der Waals surface area contributed by atoms with Gasteiger partial charge in [0.2, 0.25) is 0 Å². The summed E-state index contributed by atoms with van der Waals surface area (Å²) < 4.78 is 0. The Bertz CT molecular complexity index is 356. The number of rotatable bonds is 5. The first-order valence-corrected chi connectivity index (χ1v) is 5.97. The van der Waals surface area contributed by atoms with Gasteiger partial charge in [0, 0.05) is 6.20 Å². The summed E-state index contributed by atoms with van der Waals surface area (Å²) in [5, 5.41) is 20.8. The number of carbonyl (C=O) groups excluding carboxylic acids is 1. The zero-order valence-electron chi connectivity index (χ0n) is 8.88. The van der Waals surface area contributed by atoms with Gasteiger partial charge in [0.25, 0.3) is 5.91 Å². The first-order chi connectivity index (χ1) is 7.72. The maximum atomic E-state index is 11.8. The highest BCUT2D eigenvalue weighted by atomic mass is 32.2. The Labute approximate surface area is 97.9 Å². The maximum Gasteiger partial charge on any atom is 0.254 e. The summed E-state index contributed by atoms with van der Waals surface area (Å²) in [6.45, 7) is -0.589. The van der Waals surface area contributed by atoms with Gasteiger partial charge in [0.05, 0.1) is 24.8 Å². The molecule has 0 spiro atoms. The molecule has 0 bridgehead atoms. The third-order valence-electron chi connectivity index (χ3n) is 1.99. The first-order valence-electron chi connectivity index (χ1n) is 4.74. The van der Waals surface area contributed by atoms with Crippen LogP contribution >= 0.6 is 11.8 Å². The number of amides is 1. The molecule has 1 amide bonds. The van der Waals surface area contributed by atoms with Crippen molar-refractivity contribution in [1.82, 2.24) is 10.3 Å². The van der Waals surface area contributed by atoms with Crippen molar-refractivity contribution in [3.63, 3.8) is 0 Å². The van der Waals surface area contributed by atoms with E-state index in [1.165, 1.54) is 11.8 Å². The van der Waals surface area contributed by atoms with Crippen LogP contribution in [-0.4, -0.2) is 46.6 Å². The molecule has 0 fully saturated rings. The lowest BCUT2D eigenvalue weighted by atomic mass is 10.2. The van der Waals surface area contributed by atoms with Gasteiger partial charge in [-0.1, -0.05) is 0 Å². The monoisotopic (exact) mass is 242 g/mol. The molecular formula is C10H14N2O3S. The molecule has 1 rings (SSSR count). The van der Waals surface area contributed by atoms with E-state index in [0.717, 1.165) is 0 Å². The molecule has 0 atom stereocenters.